The van der Waals surface area contributed by atoms with Crippen molar-refractivity contribution in [1.29, 1.82) is 0 Å². The third-order valence-corrected chi connectivity index (χ3v) is 11.0. The maximum absolute atomic E-state index is 12.6. The first-order valence-electron chi connectivity index (χ1n) is 23.5. The van der Waals surface area contributed by atoms with Gasteiger partial charge in [0.25, 0.3) is 0 Å². The van der Waals surface area contributed by atoms with E-state index in [1.54, 1.807) is 0 Å². The van der Waals surface area contributed by atoms with Crippen molar-refractivity contribution in [2.24, 2.45) is 0 Å². The number of carbonyl (C=O) groups excluding carboxylic acids is 1. The maximum Gasteiger partial charge on any atom is 0.472 e. The number of phosphoric acid groups is 1. The van der Waals surface area contributed by atoms with Crippen molar-refractivity contribution in [2.45, 2.75) is 225 Å². The van der Waals surface area contributed by atoms with Gasteiger partial charge in [-0.3, -0.25) is 13.8 Å². The Bertz CT molecular complexity index is 986. The smallest absolute Gasteiger partial charge is 0.457 e. The Morgan fingerprint density at radius 1 is 0.544 bits per heavy atom. The van der Waals surface area contributed by atoms with Crippen LogP contribution in [-0.4, -0.2) is 66.3 Å². The highest BCUT2D eigenvalue weighted by Crippen LogP contribution is 2.43. The average molecular weight is 829 g/mol. The van der Waals surface area contributed by atoms with Crippen molar-refractivity contribution in [1.82, 2.24) is 0 Å². The van der Waals surface area contributed by atoms with Gasteiger partial charge in [-0.25, -0.2) is 4.57 Å². The van der Waals surface area contributed by atoms with Crippen LogP contribution in [0.2, 0.25) is 0 Å². The number of phosphoric ester groups is 1. The van der Waals surface area contributed by atoms with E-state index in [0.717, 1.165) is 64.2 Å². The van der Waals surface area contributed by atoms with Crippen molar-refractivity contribution in [3.8, 4) is 0 Å². The van der Waals surface area contributed by atoms with E-state index in [2.05, 4.69) is 50.3 Å². The van der Waals surface area contributed by atoms with Crippen molar-refractivity contribution < 1.29 is 43.0 Å². The molecule has 10 heteroatoms. The molecular weight excluding hydrogens is 739 g/mol. The molecule has 0 aliphatic rings. The minimum absolute atomic E-state index is 0.0451. The molecule has 3 N–H and O–H groups in total. The zero-order chi connectivity index (χ0) is 41.8. The quantitative estimate of drug-likeness (QED) is 0.0237. The lowest BCUT2D eigenvalue weighted by Gasteiger charge is -2.20. The monoisotopic (exact) mass is 829 g/mol. The standard InChI is InChI=1S/C47H89O9P/c1-3-5-7-9-11-13-15-17-19-21-22-23-24-26-28-30-32-34-36-38-40-53-43-46(44-55-57(51,52)54-42-45(49)41-48)56-47(50)39-37-35-33-31-29-27-25-20-18-16-14-12-10-8-6-4-2/h11,13,17,19-20,25,45-46,48-49H,3-10,12,14-16,18,21-24,26-44H2,1-2H3,(H,51,52)/b13-11-,19-17-,25-20-. The van der Waals surface area contributed by atoms with Gasteiger partial charge in [0, 0.05) is 13.0 Å². The van der Waals surface area contributed by atoms with Crippen molar-refractivity contribution >= 4 is 13.8 Å². The Balaban J connectivity index is 4.12. The molecule has 9 nitrogen and oxygen atoms in total. The van der Waals surface area contributed by atoms with E-state index in [4.69, 9.17) is 23.6 Å². The maximum atomic E-state index is 12.6. The fraction of sp³-hybridized carbons (Fsp3) is 0.851. The number of hydrogen-bond acceptors (Lipinski definition) is 8. The average Bonchev–Trinajstić information content (AvgIpc) is 3.20. The predicted molar refractivity (Wildman–Crippen MR) is 237 cm³/mol. The highest BCUT2D eigenvalue weighted by Gasteiger charge is 2.26. The van der Waals surface area contributed by atoms with Gasteiger partial charge in [0.05, 0.1) is 26.4 Å². The SMILES string of the molecule is CCCCC/C=C\C/C=C\CCCCCCCCCCCCOCC(COP(=O)(O)OCC(O)CO)OC(=O)CCCCCCC/C=C\CCCCCCCCC. The number of ether oxygens (including phenoxy) is 2. The van der Waals surface area contributed by atoms with E-state index in [9.17, 15) is 19.4 Å². The Morgan fingerprint density at radius 3 is 1.46 bits per heavy atom. The second kappa shape index (κ2) is 44.2. The minimum Gasteiger partial charge on any atom is -0.457 e. The number of esters is 1. The van der Waals surface area contributed by atoms with E-state index in [1.807, 2.05) is 0 Å². The summed E-state index contributed by atoms with van der Waals surface area (Å²) >= 11 is 0. The number of aliphatic hydroxyl groups excluding tert-OH is 2. The van der Waals surface area contributed by atoms with E-state index >= 15 is 0 Å². The first-order chi connectivity index (χ1) is 27.8. The summed E-state index contributed by atoms with van der Waals surface area (Å²) in [6.07, 6.45) is 48.1. The third-order valence-electron chi connectivity index (χ3n) is 10.0. The van der Waals surface area contributed by atoms with E-state index in [0.29, 0.717) is 6.61 Å². The number of unbranched alkanes of at least 4 members (excludes halogenated alkanes) is 25. The molecule has 0 radical (unpaired) electrons. The first-order valence-corrected chi connectivity index (χ1v) is 25.0. The van der Waals surface area contributed by atoms with Crippen LogP contribution in [0.25, 0.3) is 0 Å². The van der Waals surface area contributed by atoms with Crippen molar-refractivity contribution in [3.63, 3.8) is 0 Å². The highest BCUT2D eigenvalue weighted by molar-refractivity contribution is 7.47. The topological polar surface area (TPSA) is 132 Å². The van der Waals surface area contributed by atoms with Crippen LogP contribution in [0, 0.1) is 0 Å². The molecular formula is C47H89O9P. The van der Waals surface area contributed by atoms with Crippen LogP contribution in [0.3, 0.4) is 0 Å². The Hall–Kier alpha value is -1.32. The van der Waals surface area contributed by atoms with Crippen molar-refractivity contribution in [3.05, 3.63) is 36.5 Å². The van der Waals surface area contributed by atoms with Gasteiger partial charge in [-0.1, -0.05) is 172 Å². The van der Waals surface area contributed by atoms with Crippen LogP contribution in [0.1, 0.15) is 213 Å². The molecule has 0 spiro atoms. The largest absolute Gasteiger partial charge is 0.472 e. The molecule has 0 rings (SSSR count). The van der Waals surface area contributed by atoms with Gasteiger partial charge < -0.3 is 24.6 Å². The molecule has 3 unspecified atom stereocenters. The van der Waals surface area contributed by atoms with Gasteiger partial charge in [-0.2, -0.15) is 0 Å². The molecule has 0 saturated heterocycles. The fourth-order valence-electron chi connectivity index (χ4n) is 6.44. The fourth-order valence-corrected chi connectivity index (χ4v) is 7.23. The molecule has 0 aromatic heterocycles. The summed E-state index contributed by atoms with van der Waals surface area (Å²) < 4.78 is 33.4. The highest BCUT2D eigenvalue weighted by atomic mass is 31.2. The molecule has 0 aromatic carbocycles. The Labute approximate surface area is 350 Å². The molecule has 0 heterocycles. The van der Waals surface area contributed by atoms with Crippen LogP contribution >= 0.6 is 7.82 Å². The molecule has 0 aliphatic heterocycles. The van der Waals surface area contributed by atoms with Gasteiger partial charge in [0.15, 0.2) is 0 Å². The molecule has 0 aromatic rings. The zero-order valence-corrected chi connectivity index (χ0v) is 37.7. The van der Waals surface area contributed by atoms with Crippen LogP contribution in [0.15, 0.2) is 36.5 Å². The van der Waals surface area contributed by atoms with Crippen LogP contribution < -0.4 is 0 Å². The Kier molecular flexibility index (Phi) is 43.2. The molecule has 57 heavy (non-hydrogen) atoms. The lowest BCUT2D eigenvalue weighted by atomic mass is 10.1. The molecule has 0 bridgehead atoms. The number of carbonyl (C=O) groups is 1. The second-order valence-electron chi connectivity index (χ2n) is 15.8. The summed E-state index contributed by atoms with van der Waals surface area (Å²) in [6, 6.07) is 0. The van der Waals surface area contributed by atoms with Gasteiger partial charge >= 0.3 is 13.8 Å². The summed E-state index contributed by atoms with van der Waals surface area (Å²) in [5, 5.41) is 18.4. The van der Waals surface area contributed by atoms with Crippen LogP contribution in [0.4, 0.5) is 0 Å². The van der Waals surface area contributed by atoms with Crippen LogP contribution in [-0.2, 0) is 27.9 Å². The van der Waals surface area contributed by atoms with Gasteiger partial charge in [0.1, 0.15) is 12.2 Å². The van der Waals surface area contributed by atoms with Crippen molar-refractivity contribution in [2.75, 3.05) is 33.0 Å². The molecule has 336 valence electrons. The summed E-state index contributed by atoms with van der Waals surface area (Å²) in [4.78, 5) is 22.6. The van der Waals surface area contributed by atoms with Gasteiger partial charge in [-0.05, 0) is 70.6 Å². The van der Waals surface area contributed by atoms with Gasteiger partial charge in [0.2, 0.25) is 0 Å². The molecule has 3 atom stereocenters. The molecule has 0 amide bonds. The summed E-state index contributed by atoms with van der Waals surface area (Å²) in [6.45, 7) is 3.50. The van der Waals surface area contributed by atoms with E-state index in [-0.39, 0.29) is 19.6 Å². The zero-order valence-electron chi connectivity index (χ0n) is 36.8. The number of aliphatic hydroxyl groups is 2. The molecule has 0 aliphatic carbocycles. The summed E-state index contributed by atoms with van der Waals surface area (Å²) in [5.41, 5.74) is 0. The first kappa shape index (κ1) is 55.7. The normalized spacial score (nSPS) is 14.3. The lowest BCUT2D eigenvalue weighted by molar-refractivity contribution is -0.154. The molecule has 0 saturated carbocycles. The molecule has 0 fully saturated rings. The number of rotatable bonds is 45. The van der Waals surface area contributed by atoms with Crippen LogP contribution in [0.5, 0.6) is 0 Å². The van der Waals surface area contributed by atoms with E-state index in [1.165, 1.54) is 128 Å². The van der Waals surface area contributed by atoms with Gasteiger partial charge in [-0.15, -0.1) is 0 Å². The summed E-state index contributed by atoms with van der Waals surface area (Å²) in [7, 11) is -4.52. The van der Waals surface area contributed by atoms with E-state index < -0.39 is 39.2 Å². The second-order valence-corrected chi connectivity index (χ2v) is 17.2. The number of allylic oxidation sites excluding steroid dienone is 6. The third kappa shape index (κ3) is 44.1. The minimum atomic E-state index is -4.52. The number of hydrogen-bond donors (Lipinski definition) is 3. The Morgan fingerprint density at radius 2 is 0.947 bits per heavy atom. The summed E-state index contributed by atoms with van der Waals surface area (Å²) in [5.74, 6) is -0.391. The lowest BCUT2D eigenvalue weighted by Crippen LogP contribution is -2.29. The predicted octanol–water partition coefficient (Wildman–Crippen LogP) is 13.2.